The number of anilines is 1. The highest BCUT2D eigenvalue weighted by atomic mass is 35.5. The van der Waals surface area contributed by atoms with E-state index in [9.17, 15) is 9.59 Å². The summed E-state index contributed by atoms with van der Waals surface area (Å²) in [6.07, 6.45) is 1.89. The molecule has 0 unspecified atom stereocenters. The van der Waals surface area contributed by atoms with Crippen LogP contribution in [0, 0.1) is 0 Å². The average Bonchev–Trinajstić information content (AvgIpc) is 3.07. The maximum absolute atomic E-state index is 12.6. The number of nitrogens with zero attached hydrogens (tertiary/aromatic N) is 2. The van der Waals surface area contributed by atoms with Crippen molar-refractivity contribution >= 4 is 46.6 Å². The highest BCUT2D eigenvalue weighted by Gasteiger charge is 2.24. The van der Waals surface area contributed by atoms with Crippen molar-refractivity contribution in [3.8, 4) is 5.75 Å². The highest BCUT2D eigenvalue weighted by molar-refractivity contribution is 6.35. The van der Waals surface area contributed by atoms with E-state index in [1.54, 1.807) is 13.2 Å². The van der Waals surface area contributed by atoms with Crippen molar-refractivity contribution in [1.82, 2.24) is 14.9 Å². The van der Waals surface area contributed by atoms with Crippen molar-refractivity contribution in [1.29, 1.82) is 0 Å². The monoisotopic (exact) mass is 472 g/mol. The lowest BCUT2D eigenvalue weighted by molar-refractivity contribution is -0.121. The number of carbonyl (C=O) groups excluding carboxylic acids is 1. The van der Waals surface area contributed by atoms with Crippen LogP contribution in [0.2, 0.25) is 10.0 Å². The number of likely N-dealkylation sites (N-methyl/N-ethyl adjacent to an activating group) is 1. The molecule has 0 saturated carbocycles. The van der Waals surface area contributed by atoms with Gasteiger partial charge in [-0.2, -0.15) is 0 Å². The number of nitrogens with one attached hydrogen (secondary N) is 2. The van der Waals surface area contributed by atoms with Gasteiger partial charge in [0.1, 0.15) is 18.1 Å². The number of hydrogen-bond acceptors (Lipinski definition) is 4. The summed E-state index contributed by atoms with van der Waals surface area (Å²) >= 11 is 12.3. The topological polar surface area (TPSA) is 79.4 Å². The Balaban J connectivity index is 1.52. The maximum atomic E-state index is 12.6. The molecule has 2 N–H and O–H groups in total. The average molecular weight is 473 g/mol. The zero-order valence-corrected chi connectivity index (χ0v) is 19.1. The largest absolute Gasteiger partial charge is 0.497 e. The predicted molar refractivity (Wildman–Crippen MR) is 127 cm³/mol. The van der Waals surface area contributed by atoms with E-state index < -0.39 is 0 Å². The van der Waals surface area contributed by atoms with Crippen molar-refractivity contribution in [3.05, 3.63) is 79.8 Å². The second-order valence-corrected chi connectivity index (χ2v) is 8.44. The molecule has 1 amide bonds. The van der Waals surface area contributed by atoms with Crippen molar-refractivity contribution in [3.63, 3.8) is 0 Å². The molecule has 4 rings (SSSR count). The van der Waals surface area contributed by atoms with Crippen LogP contribution in [0.25, 0.3) is 11.6 Å². The molecule has 0 radical (unpaired) electrons. The number of hydrogen-bond donors (Lipinski definition) is 2. The van der Waals surface area contributed by atoms with Gasteiger partial charge in [0.2, 0.25) is 5.91 Å². The Labute approximate surface area is 195 Å². The lowest BCUT2D eigenvalue weighted by atomic mass is 10.0. The molecule has 1 aliphatic rings. The minimum atomic E-state index is -0.344. The highest BCUT2D eigenvalue weighted by Crippen LogP contribution is 2.32. The van der Waals surface area contributed by atoms with E-state index in [0.717, 1.165) is 22.4 Å². The number of halogens is 2. The summed E-state index contributed by atoms with van der Waals surface area (Å²) in [6.45, 7) is 0.811. The zero-order valence-electron chi connectivity index (χ0n) is 17.6. The molecular weight excluding hydrogens is 451 g/mol. The van der Waals surface area contributed by atoms with Crippen LogP contribution in [0.5, 0.6) is 5.75 Å². The molecule has 166 valence electrons. The smallest absolute Gasteiger partial charge is 0.328 e. The maximum Gasteiger partial charge on any atom is 0.328 e. The van der Waals surface area contributed by atoms with E-state index in [1.165, 1.54) is 4.57 Å². The Morgan fingerprint density at radius 3 is 2.50 bits per heavy atom. The predicted octanol–water partition coefficient (Wildman–Crippen LogP) is 3.80. The summed E-state index contributed by atoms with van der Waals surface area (Å²) in [6, 6.07) is 12.8. The minimum Gasteiger partial charge on any atom is -0.497 e. The van der Waals surface area contributed by atoms with Crippen molar-refractivity contribution in [2.75, 3.05) is 25.6 Å². The molecule has 1 aliphatic heterocycles. The summed E-state index contributed by atoms with van der Waals surface area (Å²) in [5, 5.41) is 3.94. The van der Waals surface area contributed by atoms with Crippen LogP contribution in [0.4, 0.5) is 5.82 Å². The third kappa shape index (κ3) is 4.69. The first-order valence-corrected chi connectivity index (χ1v) is 10.7. The van der Waals surface area contributed by atoms with E-state index in [-0.39, 0.29) is 18.1 Å². The van der Waals surface area contributed by atoms with Gasteiger partial charge < -0.3 is 19.9 Å². The van der Waals surface area contributed by atoms with Gasteiger partial charge in [0.15, 0.2) is 0 Å². The van der Waals surface area contributed by atoms with Crippen LogP contribution in [0.15, 0.2) is 47.3 Å². The standard InChI is InChI=1S/C23H22Cl2N4O3/c1-28-12-16(15-7-17(24)10-18(25)8-15)9-20-22(28)29(23(31)27-20)13-21(30)26-11-14-3-5-19(32-2)6-4-14/h3-10H,11-13H2,1-2H3,(H,26,30)(H,27,31). The molecule has 3 aromatic rings. The number of carbonyl (C=O) groups is 1. The number of methoxy groups -OCH3 is 1. The van der Waals surface area contributed by atoms with Gasteiger partial charge >= 0.3 is 5.69 Å². The summed E-state index contributed by atoms with van der Waals surface area (Å²) < 4.78 is 6.58. The molecule has 9 heteroatoms. The van der Waals surface area contributed by atoms with E-state index in [4.69, 9.17) is 27.9 Å². The number of fused-ring (bicyclic) bond motifs is 1. The Morgan fingerprint density at radius 2 is 1.84 bits per heavy atom. The normalized spacial score (nSPS) is 12.9. The van der Waals surface area contributed by atoms with Crippen LogP contribution in [-0.2, 0) is 17.9 Å². The second kappa shape index (κ2) is 9.14. The van der Waals surface area contributed by atoms with Gasteiger partial charge in [0, 0.05) is 30.2 Å². The quantitative estimate of drug-likeness (QED) is 0.571. The van der Waals surface area contributed by atoms with Crippen molar-refractivity contribution in [2.24, 2.45) is 0 Å². The number of ether oxygens (including phenoxy) is 1. The number of imidazole rings is 1. The fourth-order valence-corrected chi connectivity index (χ4v) is 4.27. The minimum absolute atomic E-state index is 0.0860. The van der Waals surface area contributed by atoms with Crippen LogP contribution in [0.3, 0.4) is 0 Å². The lowest BCUT2D eigenvalue weighted by Crippen LogP contribution is -2.34. The van der Waals surface area contributed by atoms with Crippen molar-refractivity contribution in [2.45, 2.75) is 13.1 Å². The Morgan fingerprint density at radius 1 is 1.16 bits per heavy atom. The van der Waals surface area contributed by atoms with E-state index in [0.29, 0.717) is 34.6 Å². The summed E-state index contributed by atoms with van der Waals surface area (Å²) in [5.41, 5.74) is 3.07. The number of benzene rings is 2. The van der Waals surface area contributed by atoms with Crippen LogP contribution < -0.4 is 20.6 Å². The molecular formula is C23H22Cl2N4O3. The van der Waals surface area contributed by atoms with Gasteiger partial charge in [-0.3, -0.25) is 9.36 Å². The summed E-state index contributed by atoms with van der Waals surface area (Å²) in [7, 11) is 3.47. The van der Waals surface area contributed by atoms with Gasteiger partial charge in [0.05, 0.1) is 12.8 Å². The van der Waals surface area contributed by atoms with Gasteiger partial charge in [-0.05, 0) is 53.1 Å². The molecule has 2 heterocycles. The van der Waals surface area contributed by atoms with E-state index in [2.05, 4.69) is 10.3 Å². The SMILES string of the molecule is COc1ccc(CNC(=O)Cn2c3c([nH]c2=O)C=C(c2cc(Cl)cc(Cl)c2)CN3C)cc1. The van der Waals surface area contributed by atoms with Crippen LogP contribution >= 0.6 is 23.2 Å². The molecule has 1 aromatic heterocycles. The number of rotatable bonds is 6. The van der Waals surface area contributed by atoms with Crippen molar-refractivity contribution < 1.29 is 9.53 Å². The van der Waals surface area contributed by atoms with Gasteiger partial charge in [-0.15, -0.1) is 0 Å². The Bertz CT molecular complexity index is 1220. The van der Waals surface area contributed by atoms with E-state index >= 15 is 0 Å². The summed E-state index contributed by atoms with van der Waals surface area (Å²) in [5.74, 6) is 1.15. The summed E-state index contributed by atoms with van der Waals surface area (Å²) in [4.78, 5) is 29.9. The number of H-pyrrole nitrogens is 1. The molecule has 0 fully saturated rings. The number of amides is 1. The second-order valence-electron chi connectivity index (χ2n) is 7.56. The number of aromatic amines is 1. The fraction of sp³-hybridized carbons (Fsp3) is 0.217. The Hall–Kier alpha value is -3.16. The number of aromatic nitrogens is 2. The first-order valence-electron chi connectivity index (χ1n) is 9.94. The first-order chi connectivity index (χ1) is 15.3. The third-order valence-electron chi connectivity index (χ3n) is 5.25. The molecule has 7 nitrogen and oxygen atoms in total. The molecule has 0 aliphatic carbocycles. The molecule has 0 bridgehead atoms. The van der Waals surface area contributed by atoms with Gasteiger partial charge in [-0.1, -0.05) is 35.3 Å². The molecule has 0 spiro atoms. The van der Waals surface area contributed by atoms with Crippen LogP contribution in [0.1, 0.15) is 16.8 Å². The van der Waals surface area contributed by atoms with E-state index in [1.807, 2.05) is 54.4 Å². The third-order valence-corrected chi connectivity index (χ3v) is 5.69. The fourth-order valence-electron chi connectivity index (χ4n) is 3.75. The molecule has 0 atom stereocenters. The lowest BCUT2D eigenvalue weighted by Gasteiger charge is -2.27. The van der Waals surface area contributed by atoms with Crippen LogP contribution in [-0.4, -0.2) is 36.2 Å². The Kier molecular flexibility index (Phi) is 6.30. The zero-order chi connectivity index (χ0) is 22.8. The molecule has 32 heavy (non-hydrogen) atoms. The molecule has 2 aromatic carbocycles. The van der Waals surface area contributed by atoms with Gasteiger partial charge in [0.25, 0.3) is 0 Å². The molecule has 0 saturated heterocycles. The first kappa shape index (κ1) is 22.0. The van der Waals surface area contributed by atoms with Gasteiger partial charge in [-0.25, -0.2) is 4.79 Å².